The second-order valence-corrected chi connectivity index (χ2v) is 10.4. The van der Waals surface area contributed by atoms with Crippen molar-refractivity contribution in [2.24, 2.45) is 0 Å². The Morgan fingerprint density at radius 2 is 1.80 bits per heavy atom. The first-order chi connectivity index (χ1) is 6.85. The summed E-state index contributed by atoms with van der Waals surface area (Å²) in [5.74, 6) is 0. The highest BCUT2D eigenvalue weighted by Crippen LogP contribution is 2.42. The van der Waals surface area contributed by atoms with Gasteiger partial charge in [0.1, 0.15) is 0 Å². The van der Waals surface area contributed by atoms with Gasteiger partial charge in [0.25, 0.3) is 5.69 Å². The summed E-state index contributed by atoms with van der Waals surface area (Å²) in [6, 6.07) is 5.58. The first-order valence-corrected chi connectivity index (χ1v) is 6.86. The fraction of sp³-hybridized carbons (Fsp3) is 0.143. The van der Waals surface area contributed by atoms with Crippen LogP contribution in [0.3, 0.4) is 0 Å². The molecule has 15 heavy (non-hydrogen) atoms. The second kappa shape index (κ2) is 5.01. The van der Waals surface area contributed by atoms with Crippen molar-refractivity contribution in [3.63, 3.8) is 0 Å². The number of halogens is 2. The largest absolute Gasteiger partial charge is 0.304 e. The molecule has 0 spiro atoms. The molecular weight excluding hydrogens is 448 g/mol. The third-order valence-electron chi connectivity index (χ3n) is 1.63. The molecule has 0 heterocycles. The van der Waals surface area contributed by atoms with Crippen LogP contribution in [0.4, 0.5) is 5.69 Å². The van der Waals surface area contributed by atoms with Crippen LogP contribution in [0.5, 0.6) is 0 Å². The molecule has 1 unspecified atom stereocenters. The van der Waals surface area contributed by atoms with Crippen LogP contribution in [0.15, 0.2) is 24.3 Å². The predicted octanol–water partition coefficient (Wildman–Crippen LogP) is 2.80. The van der Waals surface area contributed by atoms with Gasteiger partial charge in [0.2, 0.25) is 0 Å². The lowest BCUT2D eigenvalue weighted by molar-refractivity contribution is -0.384. The molecule has 1 aromatic rings. The molecule has 0 amide bonds. The van der Waals surface area contributed by atoms with Crippen LogP contribution >= 0.6 is 45.2 Å². The maximum absolute atomic E-state index is 11.0. The topological polar surface area (TPSA) is 80.4 Å². The van der Waals surface area contributed by atoms with Gasteiger partial charge in [0.05, 0.1) is 4.92 Å². The van der Waals surface area contributed by atoms with E-state index < -0.39 is 16.8 Å². The van der Waals surface area contributed by atoms with Gasteiger partial charge in [-0.05, 0) is 62.9 Å². The molecule has 1 atom stereocenters. The van der Waals surface area contributed by atoms with Crippen molar-refractivity contribution >= 4 is 61.9 Å². The van der Waals surface area contributed by atoms with Crippen LogP contribution in [0.25, 0.3) is 0 Å². The molecule has 0 fully saturated rings. The summed E-state index contributed by atoms with van der Waals surface area (Å²) in [4.78, 5) is 9.88. The van der Waals surface area contributed by atoms with E-state index in [0.29, 0.717) is 5.56 Å². The Labute approximate surface area is 115 Å². The molecule has 0 aliphatic rings. The van der Waals surface area contributed by atoms with Crippen LogP contribution in [-0.2, 0) is 11.8 Å². The van der Waals surface area contributed by atoms with E-state index in [2.05, 4.69) is 0 Å². The summed E-state index contributed by atoms with van der Waals surface area (Å²) in [5.41, 5.74) is 0.529. The molecule has 82 valence electrons. The first-order valence-electron chi connectivity index (χ1n) is 3.59. The van der Waals surface area contributed by atoms with Gasteiger partial charge in [0, 0.05) is 12.1 Å². The van der Waals surface area contributed by atoms with Crippen LogP contribution in [-0.4, -0.2) is 13.7 Å². The molecule has 1 rings (SSSR count). The maximum Gasteiger partial charge on any atom is 0.269 e. The normalized spacial score (nSPS) is 13.5. The van der Waals surface area contributed by atoms with Gasteiger partial charge in [-0.3, -0.25) is 10.1 Å². The zero-order valence-corrected chi connectivity index (χ0v) is 12.2. The SMILES string of the molecule is O=[N+]([O-])c1ccc(C(I)(I)S(=O)O)cc1. The fourth-order valence-corrected chi connectivity index (χ4v) is 1.93. The van der Waals surface area contributed by atoms with Crippen molar-refractivity contribution in [1.29, 1.82) is 0 Å². The standard InChI is InChI=1S/C7H5I2NO4S/c8-7(9,15(13)14)5-1-3-6(4-2-5)10(11)12/h1-4H,(H,13,14). The number of nitro benzene ring substituents is 1. The van der Waals surface area contributed by atoms with Crippen molar-refractivity contribution in [1.82, 2.24) is 0 Å². The minimum absolute atomic E-state index is 0.0360. The van der Waals surface area contributed by atoms with Crippen molar-refractivity contribution in [2.45, 2.75) is 0.760 Å². The van der Waals surface area contributed by atoms with Crippen LogP contribution in [0.1, 0.15) is 5.56 Å². The van der Waals surface area contributed by atoms with Crippen molar-refractivity contribution in [2.75, 3.05) is 0 Å². The highest BCUT2D eigenvalue weighted by Gasteiger charge is 2.32. The molecular formula is C7H5I2NO4S. The van der Waals surface area contributed by atoms with E-state index in [-0.39, 0.29) is 5.69 Å². The van der Waals surface area contributed by atoms with Crippen LogP contribution in [0, 0.1) is 10.1 Å². The summed E-state index contributed by atoms with van der Waals surface area (Å²) in [5, 5.41) is 10.4. The first kappa shape index (κ1) is 13.3. The monoisotopic (exact) mass is 453 g/mol. The van der Waals surface area contributed by atoms with Crippen molar-refractivity contribution < 1.29 is 13.7 Å². The Bertz CT molecular complexity index is 406. The number of nitro groups is 1. The van der Waals surface area contributed by atoms with Crippen molar-refractivity contribution in [3.8, 4) is 0 Å². The molecule has 1 aromatic carbocycles. The average Bonchev–Trinajstić information content (AvgIpc) is 2.17. The lowest BCUT2D eigenvalue weighted by atomic mass is 10.2. The van der Waals surface area contributed by atoms with Crippen LogP contribution in [0.2, 0.25) is 0 Å². The molecule has 0 bridgehead atoms. The smallest absolute Gasteiger partial charge is 0.269 e. The lowest BCUT2D eigenvalue weighted by Gasteiger charge is -2.15. The molecule has 0 saturated carbocycles. The number of nitrogens with zero attached hydrogens (tertiary/aromatic N) is 1. The molecule has 0 aliphatic carbocycles. The van der Waals surface area contributed by atoms with Gasteiger partial charge in [0.15, 0.2) is 11.8 Å². The Hall–Kier alpha value is 0.190. The number of hydrogen-bond donors (Lipinski definition) is 1. The Kier molecular flexibility index (Phi) is 4.43. The summed E-state index contributed by atoms with van der Waals surface area (Å²) >= 11 is 1.61. The number of non-ortho nitro benzene ring substituents is 1. The molecule has 0 aromatic heterocycles. The maximum atomic E-state index is 11.0. The van der Waals surface area contributed by atoms with Gasteiger partial charge in [-0.15, -0.1) is 0 Å². The molecule has 0 radical (unpaired) electrons. The van der Waals surface area contributed by atoms with E-state index in [1.165, 1.54) is 24.3 Å². The zero-order chi connectivity index (χ0) is 11.6. The Balaban J connectivity index is 3.09. The van der Waals surface area contributed by atoms with Crippen LogP contribution < -0.4 is 0 Å². The van der Waals surface area contributed by atoms with E-state index in [1.54, 1.807) is 0 Å². The molecule has 5 nitrogen and oxygen atoms in total. The van der Waals surface area contributed by atoms with E-state index in [1.807, 2.05) is 45.2 Å². The van der Waals surface area contributed by atoms with Gasteiger partial charge in [-0.25, -0.2) is 4.21 Å². The fourth-order valence-electron chi connectivity index (χ4n) is 0.878. The van der Waals surface area contributed by atoms with E-state index in [9.17, 15) is 14.3 Å². The van der Waals surface area contributed by atoms with E-state index in [0.717, 1.165) is 0 Å². The minimum Gasteiger partial charge on any atom is -0.304 e. The second-order valence-electron chi connectivity index (χ2n) is 2.57. The quantitative estimate of drug-likeness (QED) is 0.251. The van der Waals surface area contributed by atoms with Crippen molar-refractivity contribution in [3.05, 3.63) is 39.9 Å². The summed E-state index contributed by atoms with van der Waals surface area (Å²) in [6.45, 7) is 0. The predicted molar refractivity (Wildman–Crippen MR) is 73.6 cm³/mol. The molecule has 0 aliphatic heterocycles. The number of alkyl halides is 2. The summed E-state index contributed by atoms with van der Waals surface area (Å²) in [6.07, 6.45) is 0. The highest BCUT2D eigenvalue weighted by molar-refractivity contribution is 14.2. The molecule has 0 saturated heterocycles. The minimum atomic E-state index is -2.04. The molecule has 1 N–H and O–H groups in total. The number of benzene rings is 1. The van der Waals surface area contributed by atoms with E-state index >= 15 is 0 Å². The highest BCUT2D eigenvalue weighted by atomic mass is 127. The third kappa shape index (κ3) is 3.07. The Morgan fingerprint density at radius 1 is 1.33 bits per heavy atom. The summed E-state index contributed by atoms with van der Waals surface area (Å²) in [7, 11) is 0. The van der Waals surface area contributed by atoms with Gasteiger partial charge >= 0.3 is 0 Å². The number of hydrogen-bond acceptors (Lipinski definition) is 3. The number of rotatable bonds is 3. The van der Waals surface area contributed by atoms with Gasteiger partial charge in [-0.2, -0.15) is 0 Å². The molecule has 8 heteroatoms. The lowest BCUT2D eigenvalue weighted by Crippen LogP contribution is -2.14. The third-order valence-corrected chi connectivity index (χ3v) is 5.81. The zero-order valence-electron chi connectivity index (χ0n) is 7.09. The Morgan fingerprint density at radius 3 is 2.13 bits per heavy atom. The van der Waals surface area contributed by atoms with Gasteiger partial charge in [-0.1, -0.05) is 0 Å². The summed E-state index contributed by atoms with van der Waals surface area (Å²) < 4.78 is 19.1. The van der Waals surface area contributed by atoms with E-state index in [4.69, 9.17) is 4.55 Å². The van der Waals surface area contributed by atoms with Gasteiger partial charge < -0.3 is 4.55 Å². The average molecular weight is 453 g/mol.